The first-order valence-corrected chi connectivity index (χ1v) is 15.7. The maximum atomic E-state index is 4.68. The van der Waals surface area contributed by atoms with Gasteiger partial charge in [-0.05, 0) is 92.0 Å². The molecule has 0 fully saturated rings. The molecule has 3 nitrogen and oxygen atoms in total. The zero-order chi connectivity index (χ0) is 30.2. The molecule has 0 saturated heterocycles. The van der Waals surface area contributed by atoms with Crippen LogP contribution in [0, 0.1) is 0 Å². The van der Waals surface area contributed by atoms with Crippen LogP contribution in [-0.2, 0) is 5.41 Å². The van der Waals surface area contributed by atoms with E-state index in [0.29, 0.717) is 0 Å². The average Bonchev–Trinajstić information content (AvgIpc) is 3.56. The number of hydrogen-bond donors (Lipinski definition) is 0. The molecule has 0 radical (unpaired) electrons. The standard InChI is InChI=1S/C43H27N3/c1-4-12-36-28(9-1)16-17-29-18-19-31(26-39(29)43(36)37-13-5-2-10-32(37)33-11-3-6-14-38(33)43)30-20-21-40-35(25-30)34-22-24-44-27-41(34)46(40)42-15-7-8-23-45-42/h1-27H. The molecule has 10 rings (SSSR count). The molecule has 0 amide bonds. The van der Waals surface area contributed by atoms with Gasteiger partial charge in [-0.3, -0.25) is 9.55 Å². The molecule has 0 bridgehead atoms. The molecule has 1 spiro atoms. The van der Waals surface area contributed by atoms with Crippen molar-refractivity contribution >= 4 is 34.0 Å². The number of hydrogen-bond acceptors (Lipinski definition) is 2. The van der Waals surface area contributed by atoms with Gasteiger partial charge in [0.1, 0.15) is 5.82 Å². The minimum Gasteiger partial charge on any atom is -0.292 e. The Kier molecular flexibility index (Phi) is 5.20. The van der Waals surface area contributed by atoms with Crippen molar-refractivity contribution in [1.29, 1.82) is 0 Å². The lowest BCUT2D eigenvalue weighted by Crippen LogP contribution is -2.30. The van der Waals surface area contributed by atoms with Crippen molar-refractivity contribution in [2.45, 2.75) is 5.41 Å². The fourth-order valence-corrected chi connectivity index (χ4v) is 8.11. The molecule has 3 heterocycles. The lowest BCUT2D eigenvalue weighted by Gasteiger charge is -2.35. The summed E-state index contributed by atoms with van der Waals surface area (Å²) in [6.07, 6.45) is 10.2. The van der Waals surface area contributed by atoms with Gasteiger partial charge in [0, 0.05) is 23.2 Å². The van der Waals surface area contributed by atoms with E-state index in [9.17, 15) is 0 Å². The highest BCUT2D eigenvalue weighted by Crippen LogP contribution is 2.58. The molecule has 3 aromatic heterocycles. The van der Waals surface area contributed by atoms with E-state index < -0.39 is 5.41 Å². The fraction of sp³-hybridized carbons (Fsp3) is 0.0233. The minimum atomic E-state index is -0.441. The second-order valence-corrected chi connectivity index (χ2v) is 12.2. The van der Waals surface area contributed by atoms with Crippen LogP contribution in [0.2, 0.25) is 0 Å². The van der Waals surface area contributed by atoms with E-state index in [4.69, 9.17) is 0 Å². The summed E-state index contributed by atoms with van der Waals surface area (Å²) in [5.74, 6) is 0.888. The van der Waals surface area contributed by atoms with Crippen LogP contribution in [0.5, 0.6) is 0 Å². The number of benzene rings is 5. The summed E-state index contributed by atoms with van der Waals surface area (Å²) in [6.45, 7) is 0. The Bertz CT molecular complexity index is 2490. The highest BCUT2D eigenvalue weighted by atomic mass is 15.1. The highest BCUT2D eigenvalue weighted by Gasteiger charge is 2.48. The quantitative estimate of drug-likeness (QED) is 0.202. The minimum absolute atomic E-state index is 0.441. The first-order valence-electron chi connectivity index (χ1n) is 15.7. The third kappa shape index (κ3) is 3.32. The molecular weight excluding hydrogens is 558 g/mol. The van der Waals surface area contributed by atoms with Crippen LogP contribution in [0.1, 0.15) is 33.4 Å². The van der Waals surface area contributed by atoms with Crippen LogP contribution in [0.4, 0.5) is 0 Å². The molecular formula is C43H27N3. The molecule has 3 heteroatoms. The third-order valence-corrected chi connectivity index (χ3v) is 10.00. The topological polar surface area (TPSA) is 30.7 Å². The fourth-order valence-electron chi connectivity index (χ4n) is 8.11. The summed E-state index contributed by atoms with van der Waals surface area (Å²) in [5, 5.41) is 2.35. The predicted molar refractivity (Wildman–Crippen MR) is 188 cm³/mol. The molecule has 0 saturated carbocycles. The van der Waals surface area contributed by atoms with Crippen molar-refractivity contribution in [3.8, 4) is 28.1 Å². The van der Waals surface area contributed by atoms with E-state index in [0.717, 1.165) is 16.9 Å². The highest BCUT2D eigenvalue weighted by molar-refractivity contribution is 6.10. The molecule has 0 N–H and O–H groups in total. The van der Waals surface area contributed by atoms with Crippen molar-refractivity contribution in [2.24, 2.45) is 0 Å². The number of rotatable bonds is 2. The summed E-state index contributed by atoms with van der Waals surface area (Å²) in [4.78, 5) is 9.16. The smallest absolute Gasteiger partial charge is 0.137 e. The lowest BCUT2D eigenvalue weighted by molar-refractivity contribution is 0.766. The molecule has 8 aromatic rings. The molecule has 2 aliphatic rings. The van der Waals surface area contributed by atoms with Crippen molar-refractivity contribution in [3.63, 3.8) is 0 Å². The Hall–Kier alpha value is -6.06. The van der Waals surface area contributed by atoms with Crippen molar-refractivity contribution < 1.29 is 0 Å². The van der Waals surface area contributed by atoms with Gasteiger partial charge in [-0.1, -0.05) is 109 Å². The first kappa shape index (κ1) is 25.3. The zero-order valence-corrected chi connectivity index (χ0v) is 24.9. The molecule has 0 aliphatic heterocycles. The maximum Gasteiger partial charge on any atom is 0.137 e. The van der Waals surface area contributed by atoms with Gasteiger partial charge in [-0.25, -0.2) is 4.98 Å². The number of aromatic nitrogens is 3. The molecule has 2 aliphatic carbocycles. The largest absolute Gasteiger partial charge is 0.292 e. The van der Waals surface area contributed by atoms with E-state index in [2.05, 4.69) is 142 Å². The number of pyridine rings is 2. The van der Waals surface area contributed by atoms with Gasteiger partial charge in [0.05, 0.1) is 22.6 Å². The van der Waals surface area contributed by atoms with Gasteiger partial charge in [-0.15, -0.1) is 0 Å². The normalized spacial score (nSPS) is 13.7. The van der Waals surface area contributed by atoms with Crippen molar-refractivity contribution in [1.82, 2.24) is 14.5 Å². The molecule has 5 aromatic carbocycles. The SMILES string of the molecule is C1=Cc2ccc(-c3ccc4c(c3)c3ccncc3n4-c3ccccn3)cc2C2(c3ccccc31)c1ccccc1-c1ccccc12. The van der Waals surface area contributed by atoms with Gasteiger partial charge in [0.15, 0.2) is 0 Å². The Labute approximate surface area is 266 Å². The molecule has 0 unspecified atom stereocenters. The van der Waals surface area contributed by atoms with Crippen molar-refractivity contribution in [3.05, 3.63) is 185 Å². The van der Waals surface area contributed by atoms with E-state index in [1.165, 1.54) is 66.4 Å². The first-order chi connectivity index (χ1) is 22.8. The van der Waals surface area contributed by atoms with Gasteiger partial charge < -0.3 is 0 Å². The average molecular weight is 586 g/mol. The van der Waals surface area contributed by atoms with Crippen LogP contribution in [0.3, 0.4) is 0 Å². The van der Waals surface area contributed by atoms with Gasteiger partial charge in [-0.2, -0.15) is 0 Å². The Balaban J connectivity index is 1.26. The van der Waals surface area contributed by atoms with E-state index in [1.807, 2.05) is 36.8 Å². The second-order valence-electron chi connectivity index (χ2n) is 12.2. The van der Waals surface area contributed by atoms with Gasteiger partial charge in [0.2, 0.25) is 0 Å². The summed E-state index contributed by atoms with van der Waals surface area (Å²) in [5.41, 5.74) is 14.5. The number of fused-ring (bicyclic) bond motifs is 12. The summed E-state index contributed by atoms with van der Waals surface area (Å²) >= 11 is 0. The maximum absolute atomic E-state index is 4.68. The Morgan fingerprint density at radius 2 is 1.15 bits per heavy atom. The summed E-state index contributed by atoms with van der Waals surface area (Å²) in [6, 6.07) is 48.9. The molecule has 0 atom stereocenters. The number of nitrogens with zero attached hydrogens (tertiary/aromatic N) is 3. The van der Waals surface area contributed by atoms with Crippen molar-refractivity contribution in [2.75, 3.05) is 0 Å². The Morgan fingerprint density at radius 3 is 1.93 bits per heavy atom. The third-order valence-electron chi connectivity index (χ3n) is 10.00. The monoisotopic (exact) mass is 585 g/mol. The van der Waals surface area contributed by atoms with Crippen LogP contribution in [0.25, 0.3) is 62.0 Å². The van der Waals surface area contributed by atoms with E-state index >= 15 is 0 Å². The summed E-state index contributed by atoms with van der Waals surface area (Å²) in [7, 11) is 0. The Morgan fingerprint density at radius 1 is 0.478 bits per heavy atom. The van der Waals surface area contributed by atoms with Crippen LogP contribution in [0.15, 0.2) is 152 Å². The second kappa shape index (κ2) is 9.47. The molecule has 46 heavy (non-hydrogen) atoms. The van der Waals surface area contributed by atoms with Crippen LogP contribution in [-0.4, -0.2) is 14.5 Å². The van der Waals surface area contributed by atoms with E-state index in [1.54, 1.807) is 0 Å². The summed E-state index contributed by atoms with van der Waals surface area (Å²) < 4.78 is 2.21. The van der Waals surface area contributed by atoms with Crippen LogP contribution >= 0.6 is 0 Å². The van der Waals surface area contributed by atoms with Crippen LogP contribution < -0.4 is 0 Å². The van der Waals surface area contributed by atoms with Gasteiger partial charge in [0.25, 0.3) is 0 Å². The predicted octanol–water partition coefficient (Wildman–Crippen LogP) is 10.1. The zero-order valence-electron chi connectivity index (χ0n) is 24.9. The molecule has 214 valence electrons. The van der Waals surface area contributed by atoms with Gasteiger partial charge >= 0.3 is 0 Å². The van der Waals surface area contributed by atoms with E-state index in [-0.39, 0.29) is 0 Å². The lowest BCUT2D eigenvalue weighted by atomic mass is 9.65.